The normalized spacial score (nSPS) is 10.9. The van der Waals surface area contributed by atoms with Gasteiger partial charge in [0.15, 0.2) is 0 Å². The van der Waals surface area contributed by atoms with Crippen molar-refractivity contribution in [3.05, 3.63) is 48.5 Å². The first-order valence-corrected chi connectivity index (χ1v) is 7.91. The molecule has 2 aromatic rings. The number of azo groups is 1. The molecular formula is C18H22N2O4. The number of hydrogen-bond donors (Lipinski definition) is 2. The summed E-state index contributed by atoms with van der Waals surface area (Å²) in [6.45, 7) is 1.23. The predicted molar refractivity (Wildman–Crippen MR) is 91.5 cm³/mol. The number of rotatable bonds is 10. The summed E-state index contributed by atoms with van der Waals surface area (Å²) >= 11 is 0. The molecule has 0 spiro atoms. The zero-order chi connectivity index (χ0) is 17.0. The van der Waals surface area contributed by atoms with Gasteiger partial charge in [-0.05, 0) is 48.5 Å². The molecule has 0 bridgehead atoms. The first-order valence-electron chi connectivity index (χ1n) is 7.91. The highest BCUT2D eigenvalue weighted by atomic mass is 16.5. The summed E-state index contributed by atoms with van der Waals surface area (Å²) in [4.78, 5) is 0. The summed E-state index contributed by atoms with van der Waals surface area (Å²) in [5.74, 6) is 1.48. The van der Waals surface area contributed by atoms with Gasteiger partial charge in [-0.15, -0.1) is 0 Å². The number of hydrogen-bond acceptors (Lipinski definition) is 6. The third kappa shape index (κ3) is 6.36. The Morgan fingerprint density at radius 2 is 1.00 bits per heavy atom. The molecule has 6 heteroatoms. The fourth-order valence-corrected chi connectivity index (χ4v) is 1.84. The average Bonchev–Trinajstić information content (AvgIpc) is 2.63. The molecule has 24 heavy (non-hydrogen) atoms. The standard InChI is InChI=1S/C18H22N2O4/c21-11-1-13-23-17-7-3-15(4-8-17)19-20-16-5-9-18(10-6-16)24-14-2-12-22/h3-10,21-22H,1-2,11-14H2. The van der Waals surface area contributed by atoms with Gasteiger partial charge in [0, 0.05) is 26.1 Å². The molecule has 0 atom stereocenters. The van der Waals surface area contributed by atoms with Gasteiger partial charge in [-0.1, -0.05) is 0 Å². The Bertz CT molecular complexity index is 556. The molecule has 2 rings (SSSR count). The SMILES string of the molecule is OCCCOc1ccc(N=Nc2ccc(OCCCO)cc2)cc1. The summed E-state index contributed by atoms with van der Waals surface area (Å²) in [5, 5.41) is 25.8. The first kappa shape index (κ1) is 17.9. The van der Waals surface area contributed by atoms with Crippen LogP contribution < -0.4 is 9.47 Å². The van der Waals surface area contributed by atoms with E-state index in [1.807, 2.05) is 48.5 Å². The van der Waals surface area contributed by atoms with Gasteiger partial charge in [0.25, 0.3) is 0 Å². The molecule has 0 saturated carbocycles. The minimum Gasteiger partial charge on any atom is -0.494 e. The quantitative estimate of drug-likeness (QED) is 0.515. The van der Waals surface area contributed by atoms with Crippen LogP contribution in [0.4, 0.5) is 11.4 Å². The lowest BCUT2D eigenvalue weighted by atomic mass is 10.3. The van der Waals surface area contributed by atoms with Gasteiger partial charge in [-0.25, -0.2) is 0 Å². The van der Waals surface area contributed by atoms with Crippen LogP contribution in [0.5, 0.6) is 11.5 Å². The molecule has 0 unspecified atom stereocenters. The van der Waals surface area contributed by atoms with Crippen LogP contribution in [0.2, 0.25) is 0 Å². The second-order valence-electron chi connectivity index (χ2n) is 5.04. The molecule has 0 heterocycles. The van der Waals surface area contributed by atoms with Crippen molar-refractivity contribution in [2.45, 2.75) is 12.8 Å². The molecule has 0 aliphatic rings. The van der Waals surface area contributed by atoms with E-state index in [9.17, 15) is 0 Å². The van der Waals surface area contributed by atoms with Crippen molar-refractivity contribution in [3.63, 3.8) is 0 Å². The van der Waals surface area contributed by atoms with Gasteiger partial charge < -0.3 is 19.7 Å². The van der Waals surface area contributed by atoms with E-state index in [2.05, 4.69) is 10.2 Å². The van der Waals surface area contributed by atoms with Gasteiger partial charge in [0.2, 0.25) is 0 Å². The predicted octanol–water partition coefficient (Wildman–Crippen LogP) is 3.62. The van der Waals surface area contributed by atoms with E-state index in [0.717, 1.165) is 22.9 Å². The fourth-order valence-electron chi connectivity index (χ4n) is 1.84. The van der Waals surface area contributed by atoms with Crippen molar-refractivity contribution >= 4 is 11.4 Å². The third-order valence-corrected chi connectivity index (χ3v) is 3.10. The molecule has 2 aromatic carbocycles. The molecule has 0 aromatic heterocycles. The van der Waals surface area contributed by atoms with Crippen LogP contribution in [0.3, 0.4) is 0 Å². The highest BCUT2D eigenvalue weighted by molar-refractivity contribution is 5.44. The van der Waals surface area contributed by atoms with Crippen LogP contribution in [0.15, 0.2) is 58.8 Å². The monoisotopic (exact) mass is 330 g/mol. The Labute approximate surface area is 141 Å². The van der Waals surface area contributed by atoms with Crippen LogP contribution in [-0.4, -0.2) is 36.6 Å². The van der Waals surface area contributed by atoms with E-state index in [1.54, 1.807) is 0 Å². The average molecular weight is 330 g/mol. The molecule has 0 fully saturated rings. The Kier molecular flexibility index (Phi) is 7.73. The van der Waals surface area contributed by atoms with Crippen molar-refractivity contribution in [1.82, 2.24) is 0 Å². The maximum atomic E-state index is 8.71. The third-order valence-electron chi connectivity index (χ3n) is 3.10. The van der Waals surface area contributed by atoms with Crippen LogP contribution in [-0.2, 0) is 0 Å². The lowest BCUT2D eigenvalue weighted by molar-refractivity contribution is 0.233. The summed E-state index contributed by atoms with van der Waals surface area (Å²) in [5.41, 5.74) is 1.46. The van der Waals surface area contributed by atoms with Gasteiger partial charge >= 0.3 is 0 Å². The van der Waals surface area contributed by atoms with Crippen LogP contribution in [0, 0.1) is 0 Å². The van der Waals surface area contributed by atoms with Crippen molar-refractivity contribution in [1.29, 1.82) is 0 Å². The zero-order valence-corrected chi connectivity index (χ0v) is 13.5. The van der Waals surface area contributed by atoms with Gasteiger partial charge in [0.1, 0.15) is 11.5 Å². The Hall–Kier alpha value is -2.44. The molecular weight excluding hydrogens is 308 g/mol. The van der Waals surface area contributed by atoms with E-state index >= 15 is 0 Å². The van der Waals surface area contributed by atoms with Gasteiger partial charge in [0.05, 0.1) is 24.6 Å². The largest absolute Gasteiger partial charge is 0.494 e. The van der Waals surface area contributed by atoms with E-state index in [4.69, 9.17) is 19.7 Å². The highest BCUT2D eigenvalue weighted by Crippen LogP contribution is 2.23. The Morgan fingerprint density at radius 1 is 0.625 bits per heavy atom. The summed E-state index contributed by atoms with van der Waals surface area (Å²) < 4.78 is 10.9. The lowest BCUT2D eigenvalue weighted by Crippen LogP contribution is -1.99. The van der Waals surface area contributed by atoms with Crippen molar-refractivity contribution in [3.8, 4) is 11.5 Å². The smallest absolute Gasteiger partial charge is 0.119 e. The molecule has 0 amide bonds. The molecule has 6 nitrogen and oxygen atoms in total. The Balaban J connectivity index is 1.86. The molecule has 128 valence electrons. The summed E-state index contributed by atoms with van der Waals surface area (Å²) in [7, 11) is 0. The lowest BCUT2D eigenvalue weighted by Gasteiger charge is -2.05. The summed E-state index contributed by atoms with van der Waals surface area (Å²) in [6, 6.07) is 14.6. The second kappa shape index (κ2) is 10.4. The topological polar surface area (TPSA) is 83.6 Å². The number of nitrogens with zero attached hydrogens (tertiary/aromatic N) is 2. The second-order valence-corrected chi connectivity index (χ2v) is 5.04. The molecule has 0 aliphatic carbocycles. The molecule has 2 N–H and O–H groups in total. The van der Waals surface area contributed by atoms with E-state index in [-0.39, 0.29) is 13.2 Å². The Morgan fingerprint density at radius 3 is 1.33 bits per heavy atom. The van der Waals surface area contributed by atoms with E-state index < -0.39 is 0 Å². The number of aliphatic hydroxyl groups excluding tert-OH is 2. The first-order chi connectivity index (χ1) is 11.8. The number of aliphatic hydroxyl groups is 2. The van der Waals surface area contributed by atoms with E-state index in [1.165, 1.54) is 0 Å². The fraction of sp³-hybridized carbons (Fsp3) is 0.333. The van der Waals surface area contributed by atoms with Gasteiger partial charge in [-0.2, -0.15) is 10.2 Å². The molecule has 0 aliphatic heterocycles. The minimum atomic E-state index is 0.123. The molecule has 0 radical (unpaired) electrons. The maximum Gasteiger partial charge on any atom is 0.119 e. The van der Waals surface area contributed by atoms with Crippen molar-refractivity contribution < 1.29 is 19.7 Å². The molecule has 0 saturated heterocycles. The van der Waals surface area contributed by atoms with Crippen molar-refractivity contribution in [2.75, 3.05) is 26.4 Å². The number of ether oxygens (including phenoxy) is 2. The van der Waals surface area contributed by atoms with Crippen LogP contribution in [0.1, 0.15) is 12.8 Å². The minimum absolute atomic E-state index is 0.123. The number of benzene rings is 2. The van der Waals surface area contributed by atoms with Crippen molar-refractivity contribution in [2.24, 2.45) is 10.2 Å². The zero-order valence-electron chi connectivity index (χ0n) is 13.5. The van der Waals surface area contributed by atoms with Crippen LogP contribution in [0.25, 0.3) is 0 Å². The summed E-state index contributed by atoms with van der Waals surface area (Å²) in [6.07, 6.45) is 1.22. The van der Waals surface area contributed by atoms with E-state index in [0.29, 0.717) is 26.1 Å². The maximum absolute atomic E-state index is 8.71. The van der Waals surface area contributed by atoms with Gasteiger partial charge in [-0.3, -0.25) is 0 Å². The highest BCUT2D eigenvalue weighted by Gasteiger charge is 1.97. The van der Waals surface area contributed by atoms with Crippen LogP contribution >= 0.6 is 0 Å².